The van der Waals surface area contributed by atoms with Crippen LogP contribution in [0.1, 0.15) is 16.0 Å². The molecule has 0 saturated carbocycles. The molecule has 0 aliphatic carbocycles. The van der Waals surface area contributed by atoms with Gasteiger partial charge < -0.3 is 4.74 Å². The van der Waals surface area contributed by atoms with Crippen LogP contribution in [0.15, 0.2) is 48.5 Å². The summed E-state index contributed by atoms with van der Waals surface area (Å²) in [4.78, 5) is 0.304. The maximum absolute atomic E-state index is 5.59. The van der Waals surface area contributed by atoms with E-state index in [4.69, 9.17) is 4.74 Å². The van der Waals surface area contributed by atoms with Crippen LogP contribution in [0.25, 0.3) is 11.1 Å². The minimum absolute atomic E-state index is 0.304. The van der Waals surface area contributed by atoms with E-state index in [2.05, 4.69) is 58.4 Å². The zero-order valence-corrected chi connectivity index (χ0v) is 11.7. The highest BCUT2D eigenvalue weighted by atomic mass is 79.9. The number of hydrogen-bond acceptors (Lipinski definition) is 1. The van der Waals surface area contributed by atoms with Crippen LogP contribution in [-0.2, 0) is 11.2 Å². The lowest BCUT2D eigenvalue weighted by molar-refractivity contribution is 0.146. The smallest absolute Gasteiger partial charge is 0.0632 e. The molecule has 2 aromatic rings. The van der Waals surface area contributed by atoms with Gasteiger partial charge in [0.25, 0.3) is 0 Å². The lowest BCUT2D eigenvalue weighted by Crippen LogP contribution is -1.98. The zero-order chi connectivity index (χ0) is 12.4. The normalized spacial score (nSPS) is 19.1. The Morgan fingerprint density at radius 1 is 1.00 bits per heavy atom. The maximum atomic E-state index is 5.59. The van der Waals surface area contributed by atoms with Crippen molar-refractivity contribution in [2.24, 2.45) is 0 Å². The highest BCUT2D eigenvalue weighted by molar-refractivity contribution is 9.09. The molecule has 0 fully saturated rings. The van der Waals surface area contributed by atoms with E-state index >= 15 is 0 Å². The molecule has 2 aromatic carbocycles. The predicted molar refractivity (Wildman–Crippen MR) is 78.1 cm³/mol. The largest absolute Gasteiger partial charge is 0.380 e. The molecular formula is C16H15BrO. The fourth-order valence-corrected chi connectivity index (χ4v) is 3.00. The highest BCUT2D eigenvalue weighted by Crippen LogP contribution is 2.32. The maximum Gasteiger partial charge on any atom is 0.0632 e. The van der Waals surface area contributed by atoms with Gasteiger partial charge in [0, 0.05) is 0 Å². The lowest BCUT2D eigenvalue weighted by atomic mass is 9.96. The topological polar surface area (TPSA) is 9.23 Å². The van der Waals surface area contributed by atoms with E-state index in [1.807, 2.05) is 6.07 Å². The van der Waals surface area contributed by atoms with Gasteiger partial charge in [-0.2, -0.15) is 0 Å². The Hall–Kier alpha value is -1.12. The molecule has 1 heterocycles. The first-order chi connectivity index (χ1) is 8.84. The molecule has 1 nitrogen and oxygen atoms in total. The van der Waals surface area contributed by atoms with E-state index < -0.39 is 0 Å². The van der Waals surface area contributed by atoms with Gasteiger partial charge in [-0.25, -0.2) is 0 Å². The molecule has 0 bridgehead atoms. The summed E-state index contributed by atoms with van der Waals surface area (Å²) in [5.41, 5.74) is 5.31. The molecule has 1 unspecified atom stereocenters. The Labute approximate surface area is 116 Å². The number of hydrogen-bond donors (Lipinski definition) is 0. The first kappa shape index (κ1) is 11.9. The van der Waals surface area contributed by atoms with Crippen molar-refractivity contribution >= 4 is 15.9 Å². The molecule has 18 heavy (non-hydrogen) atoms. The van der Waals surface area contributed by atoms with Crippen LogP contribution in [0.3, 0.4) is 0 Å². The lowest BCUT2D eigenvalue weighted by Gasteiger charge is -2.12. The third kappa shape index (κ3) is 2.36. The fourth-order valence-electron chi connectivity index (χ4n) is 2.38. The Kier molecular flexibility index (Phi) is 3.48. The van der Waals surface area contributed by atoms with Crippen molar-refractivity contribution in [2.75, 3.05) is 13.2 Å². The first-order valence-corrected chi connectivity index (χ1v) is 7.16. The third-order valence-corrected chi connectivity index (χ3v) is 4.13. The van der Waals surface area contributed by atoms with Crippen LogP contribution in [0, 0.1) is 0 Å². The highest BCUT2D eigenvalue weighted by Gasteiger charge is 2.17. The standard InChI is InChI=1S/C16H15BrO/c17-16-11-18-9-8-13-6-7-14(10-15(13)16)12-4-2-1-3-5-12/h1-7,10,16H,8-9,11H2. The van der Waals surface area contributed by atoms with Gasteiger partial charge in [-0.3, -0.25) is 0 Å². The molecule has 1 aliphatic rings. The van der Waals surface area contributed by atoms with E-state index in [0.717, 1.165) is 19.6 Å². The number of halogens is 1. The summed E-state index contributed by atoms with van der Waals surface area (Å²) in [5, 5.41) is 0. The molecule has 1 aliphatic heterocycles. The molecule has 3 rings (SSSR count). The number of benzene rings is 2. The summed E-state index contributed by atoms with van der Waals surface area (Å²) < 4.78 is 5.59. The molecule has 0 aromatic heterocycles. The molecule has 1 atom stereocenters. The van der Waals surface area contributed by atoms with E-state index in [-0.39, 0.29) is 0 Å². The SMILES string of the molecule is BrC1COCCc2ccc(-c3ccccc3)cc21. The predicted octanol–water partition coefficient (Wildman–Crippen LogP) is 4.36. The minimum Gasteiger partial charge on any atom is -0.380 e. The van der Waals surface area contributed by atoms with Crippen LogP contribution >= 0.6 is 15.9 Å². The van der Waals surface area contributed by atoms with E-state index in [9.17, 15) is 0 Å². The molecule has 0 N–H and O–H groups in total. The summed E-state index contributed by atoms with van der Waals surface area (Å²) in [7, 11) is 0. The van der Waals surface area contributed by atoms with Crippen molar-refractivity contribution in [3.8, 4) is 11.1 Å². The van der Waals surface area contributed by atoms with Crippen LogP contribution < -0.4 is 0 Å². The van der Waals surface area contributed by atoms with Crippen LogP contribution in [-0.4, -0.2) is 13.2 Å². The monoisotopic (exact) mass is 302 g/mol. The van der Waals surface area contributed by atoms with Crippen LogP contribution in [0.5, 0.6) is 0 Å². The number of rotatable bonds is 1. The first-order valence-electron chi connectivity index (χ1n) is 6.24. The Balaban J connectivity index is 2.04. The molecule has 0 spiro atoms. The summed E-state index contributed by atoms with van der Waals surface area (Å²) >= 11 is 3.72. The second-order valence-electron chi connectivity index (χ2n) is 4.57. The quantitative estimate of drug-likeness (QED) is 0.711. The van der Waals surface area contributed by atoms with Gasteiger partial charge >= 0.3 is 0 Å². The van der Waals surface area contributed by atoms with Crippen molar-refractivity contribution in [1.82, 2.24) is 0 Å². The van der Waals surface area contributed by atoms with E-state index in [1.54, 1.807) is 0 Å². The molecule has 0 radical (unpaired) electrons. The van der Waals surface area contributed by atoms with Gasteiger partial charge in [0.1, 0.15) is 0 Å². The van der Waals surface area contributed by atoms with Gasteiger partial charge in [0.2, 0.25) is 0 Å². The zero-order valence-electron chi connectivity index (χ0n) is 10.1. The second kappa shape index (κ2) is 5.25. The average molecular weight is 303 g/mol. The number of alkyl halides is 1. The van der Waals surface area contributed by atoms with Gasteiger partial charge in [0.05, 0.1) is 18.0 Å². The van der Waals surface area contributed by atoms with E-state index in [1.165, 1.54) is 22.3 Å². The van der Waals surface area contributed by atoms with Gasteiger partial charge in [-0.05, 0) is 34.7 Å². The number of fused-ring (bicyclic) bond motifs is 1. The Morgan fingerprint density at radius 3 is 2.67 bits per heavy atom. The molecule has 2 heteroatoms. The molecule has 92 valence electrons. The van der Waals surface area contributed by atoms with Gasteiger partial charge in [-0.1, -0.05) is 58.4 Å². The summed E-state index contributed by atoms with van der Waals surface area (Å²) in [6.45, 7) is 1.57. The Morgan fingerprint density at radius 2 is 1.83 bits per heavy atom. The van der Waals surface area contributed by atoms with Crippen molar-refractivity contribution in [2.45, 2.75) is 11.2 Å². The van der Waals surface area contributed by atoms with Gasteiger partial charge in [0.15, 0.2) is 0 Å². The van der Waals surface area contributed by atoms with E-state index in [0.29, 0.717) is 4.83 Å². The molecular weight excluding hydrogens is 288 g/mol. The fraction of sp³-hybridized carbons (Fsp3) is 0.250. The summed E-state index contributed by atoms with van der Waals surface area (Å²) in [6.07, 6.45) is 1.01. The minimum atomic E-state index is 0.304. The second-order valence-corrected chi connectivity index (χ2v) is 5.68. The summed E-state index contributed by atoms with van der Waals surface area (Å²) in [5.74, 6) is 0. The molecule has 0 amide bonds. The van der Waals surface area contributed by atoms with Crippen molar-refractivity contribution in [3.05, 3.63) is 59.7 Å². The van der Waals surface area contributed by atoms with Crippen LogP contribution in [0.4, 0.5) is 0 Å². The summed E-state index contributed by atoms with van der Waals surface area (Å²) in [6, 6.07) is 17.2. The van der Waals surface area contributed by atoms with Gasteiger partial charge in [-0.15, -0.1) is 0 Å². The van der Waals surface area contributed by atoms with Crippen LogP contribution in [0.2, 0.25) is 0 Å². The third-order valence-electron chi connectivity index (χ3n) is 3.37. The van der Waals surface area contributed by atoms with Crippen molar-refractivity contribution < 1.29 is 4.74 Å². The van der Waals surface area contributed by atoms with Crippen molar-refractivity contribution in [3.63, 3.8) is 0 Å². The number of ether oxygens (including phenoxy) is 1. The average Bonchev–Trinajstić information content (AvgIpc) is 2.62. The van der Waals surface area contributed by atoms with Crippen molar-refractivity contribution in [1.29, 1.82) is 0 Å². The molecule has 0 saturated heterocycles. The Bertz CT molecular complexity index is 536.